The van der Waals surface area contributed by atoms with E-state index < -0.39 is 23.6 Å². The van der Waals surface area contributed by atoms with Crippen LogP contribution in [0.5, 0.6) is 0 Å². The topological polar surface area (TPSA) is 58.2 Å². The number of hydrogen-bond donors (Lipinski definition) is 2. The zero-order valence-electron chi connectivity index (χ0n) is 11.6. The lowest BCUT2D eigenvalue weighted by molar-refractivity contribution is -0.117. The molecule has 2 N–H and O–H groups in total. The molecule has 2 aromatic rings. The molecule has 0 unspecified atom stereocenters. The van der Waals surface area contributed by atoms with Gasteiger partial charge in [-0.2, -0.15) is 0 Å². The second-order valence-electron chi connectivity index (χ2n) is 4.35. The van der Waals surface area contributed by atoms with Gasteiger partial charge in [0.05, 0.1) is 16.5 Å². The number of para-hydroxylation sites is 1. The van der Waals surface area contributed by atoms with Crippen LogP contribution in [0.2, 0.25) is 5.02 Å². The minimum atomic E-state index is -0.835. The van der Waals surface area contributed by atoms with Crippen LogP contribution in [0.15, 0.2) is 47.4 Å². The first kappa shape index (κ1) is 17.2. The van der Waals surface area contributed by atoms with Gasteiger partial charge in [-0.1, -0.05) is 23.7 Å². The number of imide groups is 1. The van der Waals surface area contributed by atoms with Crippen molar-refractivity contribution in [2.45, 2.75) is 4.90 Å². The number of carbonyl (C=O) groups excluding carboxylic acids is 2. The molecule has 120 valence electrons. The van der Waals surface area contributed by atoms with Gasteiger partial charge in [0.25, 0.3) is 0 Å². The van der Waals surface area contributed by atoms with Crippen molar-refractivity contribution in [3.8, 4) is 0 Å². The maximum Gasteiger partial charge on any atom is 0.325 e. The molecule has 0 saturated carbocycles. The molecule has 4 nitrogen and oxygen atoms in total. The maximum atomic E-state index is 13.4. The summed E-state index contributed by atoms with van der Waals surface area (Å²) in [4.78, 5) is 23.8. The number of thioether (sulfide) groups is 1. The predicted molar refractivity (Wildman–Crippen MR) is 85.7 cm³/mol. The van der Waals surface area contributed by atoms with E-state index in [0.717, 1.165) is 11.8 Å². The zero-order valence-corrected chi connectivity index (χ0v) is 13.2. The number of halogens is 3. The molecule has 2 aromatic carbocycles. The average Bonchev–Trinajstić information content (AvgIpc) is 2.51. The van der Waals surface area contributed by atoms with Crippen LogP contribution in [0.4, 0.5) is 19.3 Å². The first-order valence-corrected chi connectivity index (χ1v) is 7.75. The SMILES string of the molecule is O=C(CSc1ccc(F)c(Cl)c1)NC(=O)Nc1ccccc1F. The van der Waals surface area contributed by atoms with Crippen LogP contribution in [0, 0.1) is 11.6 Å². The number of urea groups is 1. The van der Waals surface area contributed by atoms with Gasteiger partial charge in [-0.05, 0) is 30.3 Å². The number of carbonyl (C=O) groups is 2. The van der Waals surface area contributed by atoms with Gasteiger partial charge in [0.15, 0.2) is 0 Å². The highest BCUT2D eigenvalue weighted by molar-refractivity contribution is 8.00. The van der Waals surface area contributed by atoms with Crippen molar-refractivity contribution in [3.05, 3.63) is 59.1 Å². The Morgan fingerprint density at radius 3 is 2.52 bits per heavy atom. The van der Waals surface area contributed by atoms with Crippen LogP contribution < -0.4 is 10.6 Å². The smallest absolute Gasteiger partial charge is 0.305 e. The summed E-state index contributed by atoms with van der Waals surface area (Å²) in [5.74, 6) is -1.81. The van der Waals surface area contributed by atoms with E-state index in [2.05, 4.69) is 10.6 Å². The van der Waals surface area contributed by atoms with Gasteiger partial charge in [-0.3, -0.25) is 10.1 Å². The predicted octanol–water partition coefficient (Wildman–Crippen LogP) is 4.06. The highest BCUT2D eigenvalue weighted by atomic mass is 35.5. The van der Waals surface area contributed by atoms with Gasteiger partial charge in [-0.15, -0.1) is 11.8 Å². The van der Waals surface area contributed by atoms with E-state index in [1.165, 1.54) is 36.4 Å². The molecule has 0 aliphatic heterocycles. The maximum absolute atomic E-state index is 13.4. The molecule has 3 amide bonds. The molecule has 0 fully saturated rings. The van der Waals surface area contributed by atoms with Gasteiger partial charge < -0.3 is 5.32 Å². The van der Waals surface area contributed by atoms with Crippen LogP contribution >= 0.6 is 23.4 Å². The second-order valence-corrected chi connectivity index (χ2v) is 5.80. The van der Waals surface area contributed by atoms with Gasteiger partial charge in [0.2, 0.25) is 5.91 Å². The molecule has 0 aliphatic carbocycles. The van der Waals surface area contributed by atoms with Gasteiger partial charge in [0.1, 0.15) is 11.6 Å². The van der Waals surface area contributed by atoms with E-state index in [1.807, 2.05) is 0 Å². The molecule has 0 aliphatic rings. The monoisotopic (exact) mass is 356 g/mol. The Labute approximate surface area is 140 Å². The molecule has 0 aromatic heterocycles. The Kier molecular flexibility index (Phi) is 5.95. The molecule has 0 bridgehead atoms. The number of anilines is 1. The summed E-state index contributed by atoms with van der Waals surface area (Å²) in [6, 6.07) is 8.79. The Morgan fingerprint density at radius 1 is 1.09 bits per heavy atom. The number of rotatable bonds is 4. The minimum absolute atomic E-state index is 0.0317. The van der Waals surface area contributed by atoms with Crippen molar-refractivity contribution >= 4 is 41.0 Å². The molecule has 23 heavy (non-hydrogen) atoms. The fourth-order valence-corrected chi connectivity index (χ4v) is 2.57. The Hall–Kier alpha value is -2.12. The van der Waals surface area contributed by atoms with Crippen molar-refractivity contribution in [2.75, 3.05) is 11.1 Å². The first-order valence-electron chi connectivity index (χ1n) is 6.39. The molecule has 2 rings (SSSR count). The second kappa shape index (κ2) is 7.94. The zero-order chi connectivity index (χ0) is 16.8. The molecule has 0 spiro atoms. The molecule has 0 heterocycles. The van der Waals surface area contributed by atoms with Crippen LogP contribution in [-0.2, 0) is 4.79 Å². The first-order chi connectivity index (χ1) is 11.0. The van der Waals surface area contributed by atoms with Crippen molar-refractivity contribution in [2.24, 2.45) is 0 Å². The molecule has 0 radical (unpaired) electrons. The summed E-state index contributed by atoms with van der Waals surface area (Å²) in [5, 5.41) is 4.25. The van der Waals surface area contributed by atoms with Gasteiger partial charge in [0, 0.05) is 4.90 Å². The lowest BCUT2D eigenvalue weighted by Gasteiger charge is -2.07. The molecule has 0 atom stereocenters. The van der Waals surface area contributed by atoms with E-state index in [-0.39, 0.29) is 16.5 Å². The highest BCUT2D eigenvalue weighted by Crippen LogP contribution is 2.23. The third-order valence-electron chi connectivity index (χ3n) is 2.64. The fraction of sp³-hybridized carbons (Fsp3) is 0.0667. The molecule has 8 heteroatoms. The fourth-order valence-electron chi connectivity index (χ4n) is 1.59. The average molecular weight is 357 g/mol. The number of nitrogens with one attached hydrogen (secondary N) is 2. The summed E-state index contributed by atoms with van der Waals surface area (Å²) < 4.78 is 26.4. The number of amides is 3. The Bertz CT molecular complexity index is 743. The largest absolute Gasteiger partial charge is 0.325 e. The third-order valence-corrected chi connectivity index (χ3v) is 3.92. The summed E-state index contributed by atoms with van der Waals surface area (Å²) in [6.45, 7) is 0. The van der Waals surface area contributed by atoms with Gasteiger partial charge in [-0.25, -0.2) is 13.6 Å². The van der Waals surface area contributed by atoms with Crippen molar-refractivity contribution in [1.29, 1.82) is 0 Å². The van der Waals surface area contributed by atoms with E-state index in [0.29, 0.717) is 4.90 Å². The summed E-state index contributed by atoms with van der Waals surface area (Å²) in [7, 11) is 0. The quantitative estimate of drug-likeness (QED) is 0.812. The summed E-state index contributed by atoms with van der Waals surface area (Å²) >= 11 is 6.72. The molecular weight excluding hydrogens is 346 g/mol. The van der Waals surface area contributed by atoms with Crippen molar-refractivity contribution in [1.82, 2.24) is 5.32 Å². The van der Waals surface area contributed by atoms with Gasteiger partial charge >= 0.3 is 6.03 Å². The van der Waals surface area contributed by atoms with Crippen LogP contribution in [-0.4, -0.2) is 17.7 Å². The Balaban J connectivity index is 1.83. The van der Waals surface area contributed by atoms with E-state index in [9.17, 15) is 18.4 Å². The molecular formula is C15H11ClF2N2O2S. The normalized spacial score (nSPS) is 10.2. The highest BCUT2D eigenvalue weighted by Gasteiger charge is 2.11. The van der Waals surface area contributed by atoms with Crippen molar-refractivity contribution in [3.63, 3.8) is 0 Å². The minimum Gasteiger partial charge on any atom is -0.305 e. The third kappa shape index (κ3) is 5.22. The van der Waals surface area contributed by atoms with Crippen molar-refractivity contribution < 1.29 is 18.4 Å². The lowest BCUT2D eigenvalue weighted by atomic mass is 10.3. The lowest BCUT2D eigenvalue weighted by Crippen LogP contribution is -2.35. The van der Waals surface area contributed by atoms with Crippen LogP contribution in [0.25, 0.3) is 0 Å². The number of hydrogen-bond acceptors (Lipinski definition) is 3. The van der Waals surface area contributed by atoms with Crippen LogP contribution in [0.1, 0.15) is 0 Å². The van der Waals surface area contributed by atoms with E-state index >= 15 is 0 Å². The van der Waals surface area contributed by atoms with E-state index in [4.69, 9.17) is 11.6 Å². The summed E-state index contributed by atoms with van der Waals surface area (Å²) in [5.41, 5.74) is -0.0317. The number of benzene rings is 2. The van der Waals surface area contributed by atoms with Crippen LogP contribution in [0.3, 0.4) is 0 Å². The standard InChI is InChI=1S/C15H11ClF2N2O2S/c16-10-7-9(5-6-11(10)17)23-8-14(21)20-15(22)19-13-4-2-1-3-12(13)18/h1-7H,8H2,(H2,19,20,21,22). The Morgan fingerprint density at radius 2 is 1.83 bits per heavy atom. The summed E-state index contributed by atoms with van der Waals surface area (Å²) in [6.07, 6.45) is 0. The molecule has 0 saturated heterocycles. The van der Waals surface area contributed by atoms with E-state index in [1.54, 1.807) is 6.07 Å².